The molecule has 126 valence electrons. The van der Waals surface area contributed by atoms with Crippen molar-refractivity contribution < 1.29 is 23.1 Å². The molecule has 0 saturated heterocycles. The second-order valence-electron chi connectivity index (χ2n) is 5.52. The summed E-state index contributed by atoms with van der Waals surface area (Å²) in [6, 6.07) is 2.96. The smallest absolute Gasteiger partial charge is 0.312 e. The molecule has 0 aliphatic carbocycles. The average Bonchev–Trinajstić information content (AvgIpc) is 3.22. The lowest BCUT2D eigenvalue weighted by Crippen LogP contribution is -2.14. The van der Waals surface area contributed by atoms with Gasteiger partial charge in [-0.2, -0.15) is 11.3 Å². The fourth-order valence-electron chi connectivity index (χ4n) is 2.98. The number of carboxylic acid groups (broad SMARTS) is 1. The lowest BCUT2D eigenvalue weighted by Gasteiger charge is -2.08. The van der Waals surface area contributed by atoms with Crippen molar-refractivity contribution in [2.24, 2.45) is 0 Å². The molecule has 3 rings (SSSR count). The monoisotopic (exact) mass is 365 g/mol. The van der Waals surface area contributed by atoms with Crippen molar-refractivity contribution in [3.63, 3.8) is 0 Å². The van der Waals surface area contributed by atoms with Gasteiger partial charge >= 0.3 is 5.97 Å². The SMILES string of the molecule is C=CCS(=O)(=O)c1cc2n(c1C(=O)c1ccsc1)CCC2C(=O)O. The minimum Gasteiger partial charge on any atom is -0.481 e. The molecule has 3 heterocycles. The Morgan fingerprint density at radius 1 is 1.46 bits per heavy atom. The Hall–Kier alpha value is -2.19. The van der Waals surface area contributed by atoms with Gasteiger partial charge in [0.1, 0.15) is 5.69 Å². The lowest BCUT2D eigenvalue weighted by atomic mass is 10.1. The normalized spacial score (nSPS) is 16.8. The number of aromatic nitrogens is 1. The molecule has 0 bridgehead atoms. The molecule has 0 spiro atoms. The van der Waals surface area contributed by atoms with Crippen molar-refractivity contribution in [3.05, 3.63) is 52.5 Å². The Bertz CT molecular complexity index is 922. The Balaban J connectivity index is 2.22. The number of carbonyl (C=O) groups is 2. The first kappa shape index (κ1) is 16.7. The molecule has 0 aromatic carbocycles. The van der Waals surface area contributed by atoms with E-state index in [-0.39, 0.29) is 16.3 Å². The lowest BCUT2D eigenvalue weighted by molar-refractivity contribution is -0.138. The van der Waals surface area contributed by atoms with Gasteiger partial charge in [-0.05, 0) is 23.9 Å². The summed E-state index contributed by atoms with van der Waals surface area (Å²) in [6.45, 7) is 3.75. The highest BCUT2D eigenvalue weighted by atomic mass is 32.2. The molecule has 1 atom stereocenters. The molecule has 0 fully saturated rings. The van der Waals surface area contributed by atoms with Gasteiger partial charge in [0, 0.05) is 23.2 Å². The highest BCUT2D eigenvalue weighted by molar-refractivity contribution is 7.91. The number of carbonyl (C=O) groups excluding carboxylic acids is 1. The minimum absolute atomic E-state index is 0.0500. The van der Waals surface area contributed by atoms with E-state index in [0.717, 1.165) is 0 Å². The van der Waals surface area contributed by atoms with Crippen molar-refractivity contribution in [3.8, 4) is 0 Å². The van der Waals surface area contributed by atoms with Crippen molar-refractivity contribution in [1.82, 2.24) is 4.57 Å². The van der Waals surface area contributed by atoms with E-state index >= 15 is 0 Å². The molecule has 2 aromatic rings. The standard InChI is InChI=1S/C16H15NO5S2/c1-2-7-24(21,22)13-8-12-11(16(19)20)3-5-17(12)14(13)15(18)10-4-6-23-9-10/h2,4,6,8-9,11H,1,3,5,7H2,(H,19,20). The largest absolute Gasteiger partial charge is 0.481 e. The van der Waals surface area contributed by atoms with Crippen LogP contribution in [0.15, 0.2) is 40.4 Å². The van der Waals surface area contributed by atoms with Gasteiger partial charge in [0.25, 0.3) is 0 Å². The topological polar surface area (TPSA) is 93.4 Å². The molecule has 1 unspecified atom stereocenters. The molecular formula is C16H15NO5S2. The van der Waals surface area contributed by atoms with Crippen molar-refractivity contribution >= 4 is 32.9 Å². The quantitative estimate of drug-likeness (QED) is 0.626. The van der Waals surface area contributed by atoms with E-state index in [0.29, 0.717) is 24.2 Å². The summed E-state index contributed by atoms with van der Waals surface area (Å²) in [4.78, 5) is 24.1. The van der Waals surface area contributed by atoms with Crippen LogP contribution >= 0.6 is 11.3 Å². The van der Waals surface area contributed by atoms with Crippen molar-refractivity contribution in [2.75, 3.05) is 5.75 Å². The Morgan fingerprint density at radius 2 is 2.21 bits per heavy atom. The van der Waals surface area contributed by atoms with Crippen LogP contribution in [0.1, 0.15) is 34.1 Å². The maximum atomic E-state index is 12.8. The summed E-state index contributed by atoms with van der Waals surface area (Å²) in [7, 11) is -3.75. The fraction of sp³-hybridized carbons (Fsp3) is 0.250. The second kappa shape index (κ2) is 6.03. The molecule has 6 nitrogen and oxygen atoms in total. The van der Waals surface area contributed by atoms with E-state index in [1.807, 2.05) is 0 Å². The zero-order chi connectivity index (χ0) is 17.5. The minimum atomic E-state index is -3.75. The number of rotatable bonds is 6. The molecule has 0 saturated carbocycles. The predicted molar refractivity (Wildman–Crippen MR) is 89.4 cm³/mol. The summed E-state index contributed by atoms with van der Waals surface area (Å²) in [5, 5.41) is 12.7. The molecule has 1 N–H and O–H groups in total. The van der Waals surface area contributed by atoms with Gasteiger partial charge in [-0.3, -0.25) is 9.59 Å². The number of hydrogen-bond donors (Lipinski definition) is 1. The summed E-state index contributed by atoms with van der Waals surface area (Å²) >= 11 is 1.34. The third kappa shape index (κ3) is 2.61. The number of fused-ring (bicyclic) bond motifs is 1. The highest BCUT2D eigenvalue weighted by Gasteiger charge is 2.37. The van der Waals surface area contributed by atoms with Crippen LogP contribution in [0.25, 0.3) is 0 Å². The summed E-state index contributed by atoms with van der Waals surface area (Å²) in [6.07, 6.45) is 1.60. The first-order valence-corrected chi connectivity index (χ1v) is 9.83. The predicted octanol–water partition coefficient (Wildman–Crippen LogP) is 2.31. The van der Waals surface area contributed by atoms with E-state index < -0.39 is 27.5 Å². The number of carboxylic acids is 1. The Morgan fingerprint density at radius 3 is 2.79 bits per heavy atom. The molecule has 1 aliphatic heterocycles. The van der Waals surface area contributed by atoms with Crippen LogP contribution < -0.4 is 0 Å². The van der Waals surface area contributed by atoms with E-state index in [1.54, 1.807) is 16.8 Å². The van der Waals surface area contributed by atoms with Gasteiger partial charge < -0.3 is 9.67 Å². The highest BCUT2D eigenvalue weighted by Crippen LogP contribution is 2.36. The molecule has 1 aliphatic rings. The average molecular weight is 365 g/mol. The van der Waals surface area contributed by atoms with Crippen LogP contribution in [0.4, 0.5) is 0 Å². The zero-order valence-electron chi connectivity index (χ0n) is 12.6. The van der Waals surface area contributed by atoms with Crippen LogP contribution in [-0.4, -0.2) is 35.6 Å². The summed E-state index contributed by atoms with van der Waals surface area (Å²) < 4.78 is 26.6. The number of hydrogen-bond acceptors (Lipinski definition) is 5. The molecule has 8 heteroatoms. The molecular weight excluding hydrogens is 350 g/mol. The van der Waals surface area contributed by atoms with Crippen molar-refractivity contribution in [2.45, 2.75) is 23.8 Å². The first-order chi connectivity index (χ1) is 11.4. The molecule has 0 amide bonds. The third-order valence-electron chi connectivity index (χ3n) is 4.06. The van der Waals surface area contributed by atoms with Crippen LogP contribution in [0.3, 0.4) is 0 Å². The second-order valence-corrected chi connectivity index (χ2v) is 8.31. The summed E-state index contributed by atoms with van der Waals surface area (Å²) in [5.41, 5.74) is 0.812. The van der Waals surface area contributed by atoms with Crippen molar-refractivity contribution in [1.29, 1.82) is 0 Å². The van der Waals surface area contributed by atoms with E-state index in [4.69, 9.17) is 0 Å². The maximum Gasteiger partial charge on any atom is 0.312 e. The fourth-order valence-corrected chi connectivity index (χ4v) is 4.90. The third-order valence-corrected chi connectivity index (χ3v) is 6.40. The van der Waals surface area contributed by atoms with Gasteiger partial charge in [-0.1, -0.05) is 6.08 Å². The summed E-state index contributed by atoms with van der Waals surface area (Å²) in [5.74, 6) is -2.53. The van der Waals surface area contributed by atoms with Crippen LogP contribution in [0.5, 0.6) is 0 Å². The Labute approximate surface area is 143 Å². The van der Waals surface area contributed by atoms with Crippen LogP contribution in [0.2, 0.25) is 0 Å². The maximum absolute atomic E-state index is 12.8. The van der Waals surface area contributed by atoms with E-state index in [1.165, 1.54) is 28.0 Å². The zero-order valence-corrected chi connectivity index (χ0v) is 14.3. The van der Waals surface area contributed by atoms with Crippen LogP contribution in [0, 0.1) is 0 Å². The number of ketones is 1. The van der Waals surface area contributed by atoms with Gasteiger partial charge in [0.05, 0.1) is 16.6 Å². The molecule has 0 radical (unpaired) electrons. The number of aliphatic carboxylic acids is 1. The number of thiophene rings is 1. The number of nitrogens with zero attached hydrogens (tertiary/aromatic N) is 1. The van der Waals surface area contributed by atoms with Gasteiger partial charge in [-0.25, -0.2) is 8.42 Å². The first-order valence-electron chi connectivity index (χ1n) is 7.23. The number of sulfone groups is 1. The Kier molecular flexibility index (Phi) is 4.18. The molecule has 2 aromatic heterocycles. The van der Waals surface area contributed by atoms with Gasteiger partial charge in [0.2, 0.25) is 5.78 Å². The molecule has 24 heavy (non-hydrogen) atoms. The van der Waals surface area contributed by atoms with E-state index in [2.05, 4.69) is 6.58 Å². The van der Waals surface area contributed by atoms with Crippen LogP contribution in [-0.2, 0) is 21.2 Å². The van der Waals surface area contributed by atoms with Gasteiger partial charge in [-0.15, -0.1) is 6.58 Å². The van der Waals surface area contributed by atoms with Gasteiger partial charge in [0.15, 0.2) is 9.84 Å². The van der Waals surface area contributed by atoms with E-state index in [9.17, 15) is 23.1 Å².